The summed E-state index contributed by atoms with van der Waals surface area (Å²) in [6, 6.07) is 5.40. The second-order valence-electron chi connectivity index (χ2n) is 4.17. The van der Waals surface area contributed by atoms with Crippen molar-refractivity contribution in [2.24, 2.45) is 5.73 Å². The van der Waals surface area contributed by atoms with Crippen LogP contribution in [-0.4, -0.2) is 28.5 Å². The largest absolute Gasteiger partial charge is 0.389 e. The van der Waals surface area contributed by atoms with E-state index in [1.807, 2.05) is 18.3 Å². The van der Waals surface area contributed by atoms with Crippen LogP contribution in [0.25, 0.3) is 0 Å². The maximum atomic E-state index is 6.19. The minimum atomic E-state index is 0.325. The van der Waals surface area contributed by atoms with Crippen molar-refractivity contribution in [3.05, 3.63) is 41.2 Å². The second kappa shape index (κ2) is 6.69. The molecule has 0 radical (unpaired) electrons. The van der Waals surface area contributed by atoms with Crippen LogP contribution in [0.3, 0.4) is 0 Å². The lowest BCUT2D eigenvalue weighted by molar-refractivity contribution is 0.183. The molecule has 0 unspecified atom stereocenters. The number of nitrogens with zero attached hydrogens (tertiary/aromatic N) is 2. The third-order valence-electron chi connectivity index (χ3n) is 2.69. The summed E-state index contributed by atoms with van der Waals surface area (Å²) in [5, 5.41) is 7.97. The number of ether oxygens (including phenoxy) is 1. The van der Waals surface area contributed by atoms with Crippen molar-refractivity contribution in [1.82, 2.24) is 9.78 Å². The molecule has 7 heteroatoms. The van der Waals surface area contributed by atoms with Gasteiger partial charge in [-0.05, 0) is 18.2 Å². The zero-order chi connectivity index (χ0) is 14.5. The van der Waals surface area contributed by atoms with Gasteiger partial charge in [-0.3, -0.25) is 4.68 Å². The summed E-state index contributed by atoms with van der Waals surface area (Å²) in [6.07, 6.45) is 3.62. The van der Waals surface area contributed by atoms with Gasteiger partial charge in [0, 0.05) is 18.9 Å². The summed E-state index contributed by atoms with van der Waals surface area (Å²) in [5.74, 6) is 0. The van der Waals surface area contributed by atoms with E-state index in [1.165, 1.54) is 0 Å². The topological polar surface area (TPSA) is 65.1 Å². The fraction of sp³-hybridized carbons (Fsp3) is 0.231. The Kier molecular flexibility index (Phi) is 4.94. The Hall–Kier alpha value is -1.63. The Labute approximate surface area is 127 Å². The van der Waals surface area contributed by atoms with Gasteiger partial charge in [0.1, 0.15) is 4.99 Å². The Bertz CT molecular complexity index is 614. The average molecular weight is 311 g/mol. The molecule has 5 nitrogen and oxygen atoms in total. The van der Waals surface area contributed by atoms with Crippen molar-refractivity contribution in [1.29, 1.82) is 0 Å². The van der Waals surface area contributed by atoms with E-state index in [-0.39, 0.29) is 0 Å². The van der Waals surface area contributed by atoms with Crippen molar-refractivity contribution in [2.75, 3.05) is 19.0 Å². The highest BCUT2D eigenvalue weighted by atomic mass is 35.5. The predicted molar refractivity (Wildman–Crippen MR) is 84.7 cm³/mol. The SMILES string of the molecule is COCCn1cc(Nc2ccc(C(N)=S)cc2Cl)cn1. The number of benzene rings is 1. The molecule has 2 rings (SSSR count). The maximum Gasteiger partial charge on any atom is 0.104 e. The third-order valence-corrected chi connectivity index (χ3v) is 3.24. The molecular formula is C13H15ClN4OS. The zero-order valence-electron chi connectivity index (χ0n) is 11.0. The molecule has 0 aliphatic carbocycles. The van der Waals surface area contributed by atoms with E-state index in [1.54, 1.807) is 24.1 Å². The number of halogens is 1. The smallest absolute Gasteiger partial charge is 0.104 e. The number of nitrogens with one attached hydrogen (secondary N) is 1. The molecule has 0 aliphatic heterocycles. The van der Waals surface area contributed by atoms with Crippen molar-refractivity contribution in [3.63, 3.8) is 0 Å². The summed E-state index contributed by atoms with van der Waals surface area (Å²) in [5.41, 5.74) is 7.93. The molecule has 0 saturated heterocycles. The first kappa shape index (κ1) is 14.8. The molecule has 1 aromatic heterocycles. The fourth-order valence-electron chi connectivity index (χ4n) is 1.66. The van der Waals surface area contributed by atoms with E-state index in [0.717, 1.165) is 16.9 Å². The van der Waals surface area contributed by atoms with Gasteiger partial charge in [0.05, 0.1) is 35.7 Å². The zero-order valence-corrected chi connectivity index (χ0v) is 12.5. The van der Waals surface area contributed by atoms with Crippen LogP contribution >= 0.6 is 23.8 Å². The van der Waals surface area contributed by atoms with E-state index >= 15 is 0 Å². The summed E-state index contributed by atoms with van der Waals surface area (Å²) < 4.78 is 6.80. The minimum absolute atomic E-state index is 0.325. The van der Waals surface area contributed by atoms with Gasteiger partial charge < -0.3 is 15.8 Å². The summed E-state index contributed by atoms with van der Waals surface area (Å²) in [7, 11) is 1.66. The molecular weight excluding hydrogens is 296 g/mol. The van der Waals surface area contributed by atoms with Gasteiger partial charge in [-0.25, -0.2) is 0 Å². The maximum absolute atomic E-state index is 6.19. The Morgan fingerprint density at radius 1 is 1.55 bits per heavy atom. The molecule has 106 valence electrons. The van der Waals surface area contributed by atoms with E-state index in [2.05, 4.69) is 10.4 Å². The molecule has 0 saturated carbocycles. The molecule has 0 bridgehead atoms. The molecule has 20 heavy (non-hydrogen) atoms. The molecule has 0 spiro atoms. The van der Waals surface area contributed by atoms with Crippen molar-refractivity contribution in [3.8, 4) is 0 Å². The lowest BCUT2D eigenvalue weighted by Gasteiger charge is -2.07. The number of rotatable bonds is 6. The summed E-state index contributed by atoms with van der Waals surface area (Å²) >= 11 is 11.1. The number of nitrogens with two attached hydrogens (primary N) is 1. The van der Waals surface area contributed by atoms with Gasteiger partial charge in [-0.15, -0.1) is 0 Å². The van der Waals surface area contributed by atoms with Crippen LogP contribution < -0.4 is 11.1 Å². The Morgan fingerprint density at radius 2 is 2.35 bits per heavy atom. The normalized spacial score (nSPS) is 10.5. The number of methoxy groups -OCH3 is 1. The van der Waals surface area contributed by atoms with Gasteiger partial charge in [0.25, 0.3) is 0 Å². The second-order valence-corrected chi connectivity index (χ2v) is 5.02. The van der Waals surface area contributed by atoms with Gasteiger partial charge >= 0.3 is 0 Å². The molecule has 2 aromatic rings. The van der Waals surface area contributed by atoms with E-state index in [4.69, 9.17) is 34.3 Å². The average Bonchev–Trinajstić information content (AvgIpc) is 2.86. The Balaban J connectivity index is 2.09. The third kappa shape index (κ3) is 3.69. The number of hydrogen-bond donors (Lipinski definition) is 2. The van der Waals surface area contributed by atoms with Crippen molar-refractivity contribution >= 4 is 40.2 Å². The van der Waals surface area contributed by atoms with E-state index < -0.39 is 0 Å². The number of thiocarbonyl (C=S) groups is 1. The number of anilines is 2. The van der Waals surface area contributed by atoms with Gasteiger partial charge in [0.2, 0.25) is 0 Å². The molecule has 0 aliphatic rings. The highest BCUT2D eigenvalue weighted by Crippen LogP contribution is 2.26. The predicted octanol–water partition coefficient (Wildman–Crippen LogP) is 2.56. The standard InChI is InChI=1S/C13H15ClN4OS/c1-19-5-4-18-8-10(7-16-18)17-12-3-2-9(13(15)20)6-11(12)14/h2-3,6-8,17H,4-5H2,1H3,(H2,15,20). The molecule has 1 aromatic carbocycles. The van der Waals surface area contributed by atoms with Crippen LogP contribution in [0.2, 0.25) is 5.02 Å². The van der Waals surface area contributed by atoms with Gasteiger partial charge in [0.15, 0.2) is 0 Å². The number of hydrogen-bond acceptors (Lipinski definition) is 4. The molecule has 3 N–H and O–H groups in total. The van der Waals surface area contributed by atoms with Crippen LogP contribution in [0.1, 0.15) is 5.56 Å². The minimum Gasteiger partial charge on any atom is -0.389 e. The Morgan fingerprint density at radius 3 is 3.00 bits per heavy atom. The molecule has 0 fully saturated rings. The van der Waals surface area contributed by atoms with E-state index in [0.29, 0.717) is 23.2 Å². The quantitative estimate of drug-likeness (QED) is 0.803. The van der Waals surface area contributed by atoms with E-state index in [9.17, 15) is 0 Å². The molecule has 1 heterocycles. The lowest BCUT2D eigenvalue weighted by Crippen LogP contribution is -2.09. The number of aromatic nitrogens is 2. The highest BCUT2D eigenvalue weighted by molar-refractivity contribution is 7.80. The highest BCUT2D eigenvalue weighted by Gasteiger charge is 2.05. The molecule has 0 amide bonds. The summed E-state index contributed by atoms with van der Waals surface area (Å²) in [4.78, 5) is 0.325. The summed E-state index contributed by atoms with van der Waals surface area (Å²) in [6.45, 7) is 1.32. The van der Waals surface area contributed by atoms with Crippen LogP contribution in [-0.2, 0) is 11.3 Å². The van der Waals surface area contributed by atoms with Gasteiger partial charge in [-0.2, -0.15) is 5.10 Å². The van der Waals surface area contributed by atoms with Crippen molar-refractivity contribution in [2.45, 2.75) is 6.54 Å². The lowest BCUT2D eigenvalue weighted by atomic mass is 10.2. The van der Waals surface area contributed by atoms with Crippen LogP contribution in [0.15, 0.2) is 30.6 Å². The van der Waals surface area contributed by atoms with Crippen molar-refractivity contribution < 1.29 is 4.74 Å². The van der Waals surface area contributed by atoms with Crippen LogP contribution in [0.5, 0.6) is 0 Å². The first-order chi connectivity index (χ1) is 9.60. The fourth-order valence-corrected chi connectivity index (χ4v) is 2.02. The first-order valence-corrected chi connectivity index (χ1v) is 6.76. The van der Waals surface area contributed by atoms with Gasteiger partial charge in [-0.1, -0.05) is 23.8 Å². The van der Waals surface area contributed by atoms with Crippen LogP contribution in [0.4, 0.5) is 11.4 Å². The monoisotopic (exact) mass is 310 g/mol. The van der Waals surface area contributed by atoms with Crippen LogP contribution in [0, 0.1) is 0 Å². The molecule has 0 atom stereocenters. The first-order valence-electron chi connectivity index (χ1n) is 5.98.